The molecule has 0 heterocycles. The predicted molar refractivity (Wildman–Crippen MR) is 102 cm³/mol. The predicted octanol–water partition coefficient (Wildman–Crippen LogP) is 3.54. The van der Waals surface area contributed by atoms with Crippen LogP contribution < -0.4 is 14.8 Å². The molecule has 2 rings (SSSR count). The average molecular weight is 447 g/mol. The number of ether oxygens (including phenoxy) is 3. The lowest BCUT2D eigenvalue weighted by Gasteiger charge is -2.17. The number of methoxy groups -OCH3 is 2. The molecule has 0 radical (unpaired) electrons. The van der Waals surface area contributed by atoms with Crippen molar-refractivity contribution in [1.82, 2.24) is 0 Å². The number of sulfone groups is 1. The first-order valence-corrected chi connectivity index (χ1v) is 10.0. The molecule has 0 spiro atoms. The number of hydrogen-bond donors (Lipinski definition) is 1. The number of amides is 1. The van der Waals surface area contributed by atoms with Crippen LogP contribution in [0, 0.1) is 0 Å². The first-order chi connectivity index (χ1) is 14.0. The Labute approximate surface area is 171 Å². The van der Waals surface area contributed by atoms with Gasteiger partial charge >= 0.3 is 5.51 Å². The molecule has 7 nitrogen and oxygen atoms in total. The van der Waals surface area contributed by atoms with Crippen molar-refractivity contribution in [3.63, 3.8) is 0 Å². The molecule has 0 bridgehead atoms. The van der Waals surface area contributed by atoms with Crippen LogP contribution in [0.25, 0.3) is 0 Å². The van der Waals surface area contributed by atoms with Crippen LogP contribution in [0.5, 0.6) is 11.5 Å². The molecule has 30 heavy (non-hydrogen) atoms. The Morgan fingerprint density at radius 3 is 2.40 bits per heavy atom. The van der Waals surface area contributed by atoms with E-state index in [1.54, 1.807) is 24.3 Å². The summed E-state index contributed by atoms with van der Waals surface area (Å²) in [5.41, 5.74) is -4.97. The molecule has 2 aromatic rings. The number of rotatable bonds is 8. The van der Waals surface area contributed by atoms with Gasteiger partial charge in [0.1, 0.15) is 17.6 Å². The fourth-order valence-corrected chi connectivity index (χ4v) is 3.17. The smallest absolute Gasteiger partial charge is 0.497 e. The summed E-state index contributed by atoms with van der Waals surface area (Å²) in [5.74, 6) is -0.0946. The Bertz CT molecular complexity index is 1010. The van der Waals surface area contributed by atoms with Gasteiger partial charge in [0.15, 0.2) is 0 Å². The maximum absolute atomic E-state index is 12.8. The van der Waals surface area contributed by atoms with Gasteiger partial charge in [0.25, 0.3) is 15.7 Å². The van der Waals surface area contributed by atoms with Crippen molar-refractivity contribution in [1.29, 1.82) is 0 Å². The second-order valence-corrected chi connectivity index (χ2v) is 8.05. The summed E-state index contributed by atoms with van der Waals surface area (Å²) in [5, 5.41) is 2.34. The molecular formula is C19H20F3NO6S. The molecule has 0 aliphatic carbocycles. The van der Waals surface area contributed by atoms with Gasteiger partial charge in [0.2, 0.25) is 0 Å². The van der Waals surface area contributed by atoms with Crippen molar-refractivity contribution in [3.05, 3.63) is 48.0 Å². The summed E-state index contributed by atoms with van der Waals surface area (Å²) in [7, 11) is -2.84. The quantitative estimate of drug-likeness (QED) is 0.666. The monoisotopic (exact) mass is 447 g/mol. The zero-order valence-electron chi connectivity index (χ0n) is 16.3. The highest BCUT2D eigenvalue weighted by molar-refractivity contribution is 7.92. The van der Waals surface area contributed by atoms with Crippen molar-refractivity contribution in [3.8, 4) is 11.5 Å². The van der Waals surface area contributed by atoms with Crippen LogP contribution in [-0.2, 0) is 26.0 Å². The highest BCUT2D eigenvalue weighted by atomic mass is 32.2. The van der Waals surface area contributed by atoms with E-state index in [9.17, 15) is 26.4 Å². The number of nitrogens with one attached hydrogen (secondary N) is 1. The molecule has 1 unspecified atom stereocenters. The van der Waals surface area contributed by atoms with Gasteiger partial charge in [0.05, 0.1) is 31.4 Å². The molecule has 164 valence electrons. The van der Waals surface area contributed by atoms with Crippen molar-refractivity contribution < 1.29 is 40.6 Å². The normalized spacial score (nSPS) is 12.9. The molecular weight excluding hydrogens is 427 g/mol. The summed E-state index contributed by atoms with van der Waals surface area (Å²) in [6, 6.07) is 9.44. The van der Waals surface area contributed by atoms with Crippen LogP contribution in [0.3, 0.4) is 0 Å². The van der Waals surface area contributed by atoms with Crippen LogP contribution in [0.4, 0.5) is 18.9 Å². The highest BCUT2D eigenvalue weighted by Crippen LogP contribution is 2.34. The number of hydrogen-bond acceptors (Lipinski definition) is 6. The summed E-state index contributed by atoms with van der Waals surface area (Å²) in [6.07, 6.45) is -0.996. The molecule has 0 saturated carbocycles. The van der Waals surface area contributed by atoms with E-state index >= 15 is 0 Å². The second kappa shape index (κ2) is 9.35. The minimum absolute atomic E-state index is 0.00975. The number of carbonyl (C=O) groups is 1. The van der Waals surface area contributed by atoms with Gasteiger partial charge in [-0.1, -0.05) is 12.1 Å². The Morgan fingerprint density at radius 1 is 1.10 bits per heavy atom. The lowest BCUT2D eigenvalue weighted by atomic mass is 10.2. The van der Waals surface area contributed by atoms with E-state index in [1.165, 1.54) is 21.1 Å². The molecule has 0 fully saturated rings. The largest absolute Gasteiger partial charge is 0.501 e. The molecule has 1 atom stereocenters. The van der Waals surface area contributed by atoms with E-state index in [4.69, 9.17) is 14.2 Å². The van der Waals surface area contributed by atoms with E-state index in [2.05, 4.69) is 5.32 Å². The Balaban J connectivity index is 2.15. The lowest BCUT2D eigenvalue weighted by Crippen LogP contribution is -2.28. The van der Waals surface area contributed by atoms with Crippen molar-refractivity contribution >= 4 is 21.4 Å². The van der Waals surface area contributed by atoms with Gasteiger partial charge in [-0.3, -0.25) is 4.79 Å². The third-order valence-electron chi connectivity index (χ3n) is 4.05. The molecule has 0 aliphatic heterocycles. The van der Waals surface area contributed by atoms with Crippen molar-refractivity contribution in [2.24, 2.45) is 0 Å². The van der Waals surface area contributed by atoms with Crippen LogP contribution >= 0.6 is 0 Å². The lowest BCUT2D eigenvalue weighted by molar-refractivity contribution is -0.127. The Hall–Kier alpha value is -2.79. The summed E-state index contributed by atoms with van der Waals surface area (Å²) in [6.45, 7) is 1.52. The van der Waals surface area contributed by atoms with Gasteiger partial charge in [-0.05, 0) is 42.8 Å². The number of alkyl halides is 3. The molecule has 11 heteroatoms. The third-order valence-corrected chi connectivity index (χ3v) is 5.53. The van der Waals surface area contributed by atoms with Crippen LogP contribution in [0.15, 0.2) is 47.4 Å². The highest BCUT2D eigenvalue weighted by Gasteiger charge is 2.47. The van der Waals surface area contributed by atoms with Crippen molar-refractivity contribution in [2.45, 2.75) is 30.0 Å². The maximum atomic E-state index is 12.8. The Morgan fingerprint density at radius 2 is 1.80 bits per heavy atom. The zero-order valence-corrected chi connectivity index (χ0v) is 17.1. The van der Waals surface area contributed by atoms with E-state index in [-0.39, 0.29) is 18.0 Å². The third kappa shape index (κ3) is 5.42. The van der Waals surface area contributed by atoms with E-state index in [0.717, 1.165) is 17.7 Å². The zero-order chi connectivity index (χ0) is 22.5. The maximum Gasteiger partial charge on any atom is 0.501 e. The van der Waals surface area contributed by atoms with Gasteiger partial charge in [-0.15, -0.1) is 0 Å². The topological polar surface area (TPSA) is 90.9 Å². The molecule has 0 aliphatic rings. The minimum Gasteiger partial charge on any atom is -0.497 e. The van der Waals surface area contributed by atoms with E-state index in [1.807, 2.05) is 0 Å². The van der Waals surface area contributed by atoms with Gasteiger partial charge in [-0.2, -0.15) is 13.2 Å². The van der Waals surface area contributed by atoms with Crippen LogP contribution in [0.1, 0.15) is 12.5 Å². The average Bonchev–Trinajstić information content (AvgIpc) is 2.71. The summed E-state index contributed by atoms with van der Waals surface area (Å²) < 4.78 is 77.2. The number of benzene rings is 2. The SMILES string of the molecule is COc1cccc(COC(C)C(=O)Nc2cc(S(=O)(=O)C(F)(F)F)ccc2OC)c1. The summed E-state index contributed by atoms with van der Waals surface area (Å²) in [4.78, 5) is 11.4. The summed E-state index contributed by atoms with van der Waals surface area (Å²) >= 11 is 0. The second-order valence-electron chi connectivity index (χ2n) is 6.11. The fraction of sp³-hybridized carbons (Fsp3) is 0.316. The molecule has 1 N–H and O–H groups in total. The standard InChI is InChI=1S/C19H20F3NO6S/c1-12(29-11-13-5-4-6-14(9-13)27-2)18(24)23-16-10-15(7-8-17(16)28-3)30(25,26)19(20,21)22/h4-10,12H,11H2,1-3H3,(H,23,24). The number of carbonyl (C=O) groups excluding carboxylic acids is 1. The van der Waals surface area contributed by atoms with Gasteiger partial charge in [-0.25, -0.2) is 8.42 Å². The van der Waals surface area contributed by atoms with E-state index in [0.29, 0.717) is 11.8 Å². The van der Waals surface area contributed by atoms with Gasteiger partial charge < -0.3 is 19.5 Å². The van der Waals surface area contributed by atoms with E-state index < -0.39 is 32.3 Å². The number of anilines is 1. The van der Waals surface area contributed by atoms with Crippen LogP contribution in [0.2, 0.25) is 0 Å². The minimum atomic E-state index is -5.58. The van der Waals surface area contributed by atoms with Crippen LogP contribution in [-0.4, -0.2) is 40.2 Å². The van der Waals surface area contributed by atoms with Crippen molar-refractivity contribution in [2.75, 3.05) is 19.5 Å². The fourth-order valence-electron chi connectivity index (χ4n) is 2.38. The molecule has 0 saturated heterocycles. The molecule has 0 aromatic heterocycles. The molecule has 1 amide bonds. The molecule has 2 aromatic carbocycles. The number of halogens is 3. The first-order valence-electron chi connectivity index (χ1n) is 8.54. The Kier molecular flexibility index (Phi) is 7.32. The first kappa shape index (κ1) is 23.5. The van der Waals surface area contributed by atoms with Gasteiger partial charge in [0, 0.05) is 0 Å².